The summed E-state index contributed by atoms with van der Waals surface area (Å²) in [6, 6.07) is 6.45. The lowest BCUT2D eigenvalue weighted by molar-refractivity contribution is -0.901. The number of benzene rings is 1. The van der Waals surface area contributed by atoms with Gasteiger partial charge in [0.15, 0.2) is 6.04 Å². The summed E-state index contributed by atoms with van der Waals surface area (Å²) in [4.78, 5) is 13.7. The molecule has 1 aromatic rings. The summed E-state index contributed by atoms with van der Waals surface area (Å²) < 4.78 is 0. The van der Waals surface area contributed by atoms with Crippen LogP contribution >= 0.6 is 0 Å². The molecule has 0 bridgehead atoms. The highest BCUT2D eigenvalue weighted by atomic mass is 16.2. The van der Waals surface area contributed by atoms with Gasteiger partial charge in [0.25, 0.3) is 5.91 Å². The van der Waals surface area contributed by atoms with Gasteiger partial charge in [-0.3, -0.25) is 4.79 Å². The Kier molecular flexibility index (Phi) is 3.56. The Hall–Kier alpha value is -1.35. The smallest absolute Gasteiger partial charge is 0.282 e. The van der Waals surface area contributed by atoms with Crippen molar-refractivity contribution in [3.8, 4) is 0 Å². The molecule has 1 heterocycles. The summed E-state index contributed by atoms with van der Waals surface area (Å²) in [5.41, 5.74) is 3.84. The first-order chi connectivity index (χ1) is 9.24. The van der Waals surface area contributed by atoms with Crippen molar-refractivity contribution in [2.24, 2.45) is 0 Å². The molecule has 0 radical (unpaired) electrons. The number of carbonyl (C=O) groups excluding carboxylic acids is 1. The van der Waals surface area contributed by atoms with Crippen molar-refractivity contribution in [1.29, 1.82) is 0 Å². The standard InChI is InChI=1S/C16H22N2O/c1-12(18-9-2-3-10-18)16(19)17-15-8-7-13-5-4-6-14(13)11-15/h7-8,11-12H,2-6,9-10H2,1H3,(H,17,19)/p+1/t12-/m1/s1. The van der Waals surface area contributed by atoms with Crippen molar-refractivity contribution in [1.82, 2.24) is 0 Å². The maximum Gasteiger partial charge on any atom is 0.282 e. The van der Waals surface area contributed by atoms with Crippen LogP contribution in [0.2, 0.25) is 0 Å². The molecule has 1 aliphatic heterocycles. The largest absolute Gasteiger partial charge is 0.325 e. The van der Waals surface area contributed by atoms with Crippen LogP contribution < -0.4 is 10.2 Å². The first-order valence-corrected chi connectivity index (χ1v) is 7.51. The zero-order valence-corrected chi connectivity index (χ0v) is 11.7. The highest BCUT2D eigenvalue weighted by Gasteiger charge is 2.27. The van der Waals surface area contributed by atoms with Crippen LogP contribution in [-0.4, -0.2) is 25.0 Å². The number of quaternary nitrogens is 1. The van der Waals surface area contributed by atoms with Crippen molar-refractivity contribution in [3.63, 3.8) is 0 Å². The molecule has 1 saturated heterocycles. The summed E-state index contributed by atoms with van der Waals surface area (Å²) in [7, 11) is 0. The van der Waals surface area contributed by atoms with E-state index in [1.165, 1.54) is 41.7 Å². The molecular weight excluding hydrogens is 236 g/mol. The van der Waals surface area contributed by atoms with Crippen LogP contribution in [0.5, 0.6) is 0 Å². The fourth-order valence-electron chi connectivity index (χ4n) is 3.35. The van der Waals surface area contributed by atoms with Crippen LogP contribution in [0.4, 0.5) is 5.69 Å². The van der Waals surface area contributed by atoms with Crippen LogP contribution in [0, 0.1) is 0 Å². The van der Waals surface area contributed by atoms with Crippen LogP contribution in [0.1, 0.15) is 37.3 Å². The van der Waals surface area contributed by atoms with Crippen molar-refractivity contribution in [3.05, 3.63) is 29.3 Å². The van der Waals surface area contributed by atoms with Crippen molar-refractivity contribution in [2.75, 3.05) is 18.4 Å². The second-order valence-corrected chi connectivity index (χ2v) is 5.91. The number of fused-ring (bicyclic) bond motifs is 1. The van der Waals surface area contributed by atoms with Crippen LogP contribution in [0.15, 0.2) is 18.2 Å². The summed E-state index contributed by atoms with van der Waals surface area (Å²) in [6.45, 7) is 4.32. The number of anilines is 1. The van der Waals surface area contributed by atoms with Gasteiger partial charge in [0.1, 0.15) is 0 Å². The molecule has 19 heavy (non-hydrogen) atoms. The van der Waals surface area contributed by atoms with Crippen LogP contribution in [-0.2, 0) is 17.6 Å². The highest BCUT2D eigenvalue weighted by Crippen LogP contribution is 2.24. The van der Waals surface area contributed by atoms with Gasteiger partial charge >= 0.3 is 0 Å². The number of hydrogen-bond acceptors (Lipinski definition) is 1. The van der Waals surface area contributed by atoms with Gasteiger partial charge in [-0.1, -0.05) is 6.07 Å². The van der Waals surface area contributed by atoms with Crippen LogP contribution in [0.25, 0.3) is 0 Å². The van der Waals surface area contributed by atoms with E-state index in [2.05, 4.69) is 17.4 Å². The van der Waals surface area contributed by atoms with Crippen LogP contribution in [0.3, 0.4) is 0 Å². The molecule has 0 aromatic heterocycles. The average molecular weight is 259 g/mol. The summed E-state index contributed by atoms with van der Waals surface area (Å²) in [5.74, 6) is 0.162. The van der Waals surface area contributed by atoms with E-state index in [4.69, 9.17) is 0 Å². The third kappa shape index (κ3) is 2.66. The predicted molar refractivity (Wildman–Crippen MR) is 76.5 cm³/mol. The predicted octanol–water partition coefficient (Wildman–Crippen LogP) is 1.18. The molecular formula is C16H23N2O+. The van der Waals surface area contributed by atoms with E-state index >= 15 is 0 Å². The molecule has 2 aliphatic rings. The van der Waals surface area contributed by atoms with Gasteiger partial charge in [-0.25, -0.2) is 0 Å². The third-order valence-electron chi connectivity index (χ3n) is 4.62. The Balaban J connectivity index is 1.65. The molecule has 1 aromatic carbocycles. The zero-order chi connectivity index (χ0) is 13.2. The maximum absolute atomic E-state index is 12.3. The lowest BCUT2D eigenvalue weighted by Gasteiger charge is -2.20. The van der Waals surface area contributed by atoms with Crippen molar-refractivity contribution >= 4 is 11.6 Å². The molecule has 1 aliphatic carbocycles. The SMILES string of the molecule is C[C@H](C(=O)Nc1ccc2c(c1)CCC2)[NH+]1CCCC1. The maximum atomic E-state index is 12.3. The van der Waals surface area contributed by atoms with Crippen molar-refractivity contribution < 1.29 is 9.69 Å². The van der Waals surface area contributed by atoms with E-state index in [9.17, 15) is 4.79 Å². The van der Waals surface area contributed by atoms with Gasteiger partial charge in [0.05, 0.1) is 13.1 Å². The average Bonchev–Trinajstić information content (AvgIpc) is 3.08. The third-order valence-corrected chi connectivity index (χ3v) is 4.62. The van der Waals surface area contributed by atoms with Gasteiger partial charge in [0, 0.05) is 18.5 Å². The van der Waals surface area contributed by atoms with E-state index in [-0.39, 0.29) is 11.9 Å². The van der Waals surface area contributed by atoms with Gasteiger partial charge < -0.3 is 10.2 Å². The fourth-order valence-corrected chi connectivity index (χ4v) is 3.35. The minimum absolute atomic E-state index is 0.0655. The van der Waals surface area contributed by atoms with E-state index in [0.717, 1.165) is 25.2 Å². The molecule has 3 nitrogen and oxygen atoms in total. The molecule has 3 heteroatoms. The molecule has 3 rings (SSSR count). The first kappa shape index (κ1) is 12.7. The molecule has 1 fully saturated rings. The molecule has 1 amide bonds. The number of carbonyl (C=O) groups is 1. The Morgan fingerprint density at radius 3 is 2.68 bits per heavy atom. The highest BCUT2D eigenvalue weighted by molar-refractivity contribution is 5.93. The van der Waals surface area contributed by atoms with Gasteiger partial charge in [-0.15, -0.1) is 0 Å². The zero-order valence-electron chi connectivity index (χ0n) is 11.7. The van der Waals surface area contributed by atoms with Crippen molar-refractivity contribution in [2.45, 2.75) is 45.1 Å². The normalized spacial score (nSPS) is 20.3. The summed E-state index contributed by atoms with van der Waals surface area (Å²) >= 11 is 0. The second-order valence-electron chi connectivity index (χ2n) is 5.91. The molecule has 0 unspecified atom stereocenters. The Bertz CT molecular complexity index is 478. The summed E-state index contributed by atoms with van der Waals surface area (Å²) in [6.07, 6.45) is 6.11. The number of likely N-dealkylation sites (tertiary alicyclic amines) is 1. The second kappa shape index (κ2) is 5.33. The number of aryl methyl sites for hydroxylation is 2. The topological polar surface area (TPSA) is 33.5 Å². The molecule has 102 valence electrons. The number of amides is 1. The molecule has 0 saturated carbocycles. The Morgan fingerprint density at radius 1 is 1.16 bits per heavy atom. The van der Waals surface area contributed by atoms with E-state index in [1.54, 1.807) is 0 Å². The van der Waals surface area contributed by atoms with E-state index in [0.29, 0.717) is 0 Å². The lowest BCUT2D eigenvalue weighted by atomic mass is 10.1. The van der Waals surface area contributed by atoms with Gasteiger partial charge in [0.2, 0.25) is 0 Å². The number of hydrogen-bond donors (Lipinski definition) is 2. The summed E-state index contributed by atoms with van der Waals surface area (Å²) in [5, 5.41) is 3.09. The quantitative estimate of drug-likeness (QED) is 0.840. The first-order valence-electron chi connectivity index (χ1n) is 7.51. The molecule has 2 N–H and O–H groups in total. The number of nitrogens with one attached hydrogen (secondary N) is 2. The Morgan fingerprint density at radius 2 is 1.89 bits per heavy atom. The van der Waals surface area contributed by atoms with Gasteiger partial charge in [-0.05, 0) is 49.4 Å². The molecule has 0 spiro atoms. The minimum Gasteiger partial charge on any atom is -0.325 e. The number of rotatable bonds is 3. The van der Waals surface area contributed by atoms with E-state index < -0.39 is 0 Å². The van der Waals surface area contributed by atoms with E-state index in [1.807, 2.05) is 13.0 Å². The van der Waals surface area contributed by atoms with Gasteiger partial charge in [-0.2, -0.15) is 0 Å². The lowest BCUT2D eigenvalue weighted by Crippen LogP contribution is -3.14. The monoisotopic (exact) mass is 259 g/mol. The minimum atomic E-state index is 0.0655. The fraction of sp³-hybridized carbons (Fsp3) is 0.562. The molecule has 1 atom stereocenters. The Labute approximate surface area is 115 Å².